The molecule has 19 heavy (non-hydrogen) atoms. The van der Waals surface area contributed by atoms with Crippen LogP contribution in [0.5, 0.6) is 0 Å². The molecule has 3 heterocycles. The first-order valence-electron chi connectivity index (χ1n) is 7.03. The first-order valence-corrected chi connectivity index (χ1v) is 8.18. The van der Waals surface area contributed by atoms with Crippen molar-refractivity contribution in [2.75, 3.05) is 24.7 Å². The van der Waals surface area contributed by atoms with Crippen molar-refractivity contribution in [1.29, 1.82) is 0 Å². The highest BCUT2D eigenvalue weighted by Gasteiger charge is 2.41. The molecule has 3 rings (SSSR count). The van der Waals surface area contributed by atoms with Crippen molar-refractivity contribution in [3.63, 3.8) is 0 Å². The highest BCUT2D eigenvalue weighted by molar-refractivity contribution is 7.99. The zero-order valence-electron chi connectivity index (χ0n) is 11.2. The van der Waals surface area contributed by atoms with Crippen molar-refractivity contribution in [2.45, 2.75) is 49.8 Å². The predicted octanol–water partition coefficient (Wildman–Crippen LogP) is 1.33. The van der Waals surface area contributed by atoms with Crippen LogP contribution in [0.3, 0.4) is 0 Å². The number of hydrogen-bond donors (Lipinski definition) is 2. The van der Waals surface area contributed by atoms with Crippen molar-refractivity contribution in [2.24, 2.45) is 0 Å². The number of amides is 1. The summed E-state index contributed by atoms with van der Waals surface area (Å²) in [5.41, 5.74) is 0.0595. The molecule has 0 aliphatic carbocycles. The summed E-state index contributed by atoms with van der Waals surface area (Å²) >= 11 is 1.98. The Morgan fingerprint density at radius 2 is 2.32 bits per heavy atom. The minimum absolute atomic E-state index is 0. The number of rotatable bonds is 2. The molecule has 6 heteroatoms. The Morgan fingerprint density at radius 1 is 1.42 bits per heavy atom. The number of thioether (sulfide) groups is 1. The fourth-order valence-corrected chi connectivity index (χ4v) is 4.60. The normalized spacial score (nSPS) is 38.1. The Hall–Kier alpha value is 0.0300. The zero-order valence-corrected chi connectivity index (χ0v) is 12.8. The van der Waals surface area contributed by atoms with Gasteiger partial charge in [-0.15, -0.1) is 12.4 Å². The Morgan fingerprint density at radius 3 is 3.00 bits per heavy atom. The fourth-order valence-electron chi connectivity index (χ4n) is 3.22. The summed E-state index contributed by atoms with van der Waals surface area (Å²) in [4.78, 5) is 12.1. The zero-order chi connectivity index (χ0) is 12.4. The molecule has 4 nitrogen and oxygen atoms in total. The summed E-state index contributed by atoms with van der Waals surface area (Å²) in [7, 11) is 0. The largest absolute Gasteiger partial charge is 0.374 e. The maximum Gasteiger partial charge on any atom is 0.237 e. The lowest BCUT2D eigenvalue weighted by atomic mass is 9.89. The number of hydrogen-bond acceptors (Lipinski definition) is 4. The molecular formula is C13H23ClN2O2S. The number of nitrogens with one attached hydrogen (secondary N) is 2. The van der Waals surface area contributed by atoms with Crippen LogP contribution in [0.25, 0.3) is 0 Å². The first kappa shape index (κ1) is 15.4. The van der Waals surface area contributed by atoms with Gasteiger partial charge in [-0.05, 0) is 44.4 Å². The van der Waals surface area contributed by atoms with Crippen molar-refractivity contribution < 1.29 is 9.53 Å². The second-order valence-corrected chi connectivity index (χ2v) is 6.79. The van der Waals surface area contributed by atoms with Crippen LogP contribution in [-0.2, 0) is 9.53 Å². The molecule has 1 amide bonds. The highest BCUT2D eigenvalue weighted by Crippen LogP contribution is 2.38. The van der Waals surface area contributed by atoms with E-state index in [0.29, 0.717) is 6.04 Å². The molecule has 2 N–H and O–H groups in total. The van der Waals surface area contributed by atoms with Crippen LogP contribution in [0, 0.1) is 0 Å². The van der Waals surface area contributed by atoms with Crippen LogP contribution in [0.15, 0.2) is 0 Å². The molecule has 0 bridgehead atoms. The standard InChI is InChI=1S/C13H22N2O2S.ClH/c16-12(11-2-1-5-14-11)15-10-3-6-17-13(8-10)4-7-18-9-13;/h10-11,14H,1-9H2,(H,15,16);1H. The number of carbonyl (C=O) groups is 1. The van der Waals surface area contributed by atoms with Crippen LogP contribution in [0.4, 0.5) is 0 Å². The molecule has 0 aromatic rings. The SMILES string of the molecule is Cl.O=C(NC1CCOC2(CCSC2)C1)C1CCCN1. The third-order valence-corrected chi connectivity index (χ3v) is 5.51. The van der Waals surface area contributed by atoms with Crippen molar-refractivity contribution >= 4 is 30.1 Å². The van der Waals surface area contributed by atoms with Crippen molar-refractivity contribution in [3.05, 3.63) is 0 Å². The second kappa shape index (κ2) is 6.66. The van der Waals surface area contributed by atoms with Crippen LogP contribution in [0.1, 0.15) is 32.1 Å². The van der Waals surface area contributed by atoms with E-state index in [1.807, 2.05) is 11.8 Å². The summed E-state index contributed by atoms with van der Waals surface area (Å²) in [5, 5.41) is 6.48. The topological polar surface area (TPSA) is 50.4 Å². The van der Waals surface area contributed by atoms with Gasteiger partial charge in [0.2, 0.25) is 5.91 Å². The number of halogens is 1. The average Bonchev–Trinajstić information content (AvgIpc) is 3.01. The van der Waals surface area contributed by atoms with Gasteiger partial charge < -0.3 is 15.4 Å². The Kier molecular flexibility index (Phi) is 5.40. The molecule has 3 atom stereocenters. The Balaban J connectivity index is 0.00000133. The molecule has 1 spiro atoms. The Bertz CT molecular complexity index is 318. The monoisotopic (exact) mass is 306 g/mol. The lowest BCUT2D eigenvalue weighted by Crippen LogP contribution is -2.52. The number of carbonyl (C=O) groups excluding carboxylic acids is 1. The molecule has 0 saturated carbocycles. The van der Waals surface area contributed by atoms with E-state index in [0.717, 1.165) is 51.0 Å². The second-order valence-electron chi connectivity index (χ2n) is 5.68. The van der Waals surface area contributed by atoms with Crippen molar-refractivity contribution in [1.82, 2.24) is 10.6 Å². The van der Waals surface area contributed by atoms with Crippen LogP contribution in [-0.4, -0.2) is 48.2 Å². The summed E-state index contributed by atoms with van der Waals surface area (Å²) in [6, 6.07) is 0.356. The van der Waals surface area contributed by atoms with E-state index in [9.17, 15) is 4.79 Å². The molecule has 0 aromatic carbocycles. The Labute approximate surface area is 125 Å². The molecule has 110 valence electrons. The lowest BCUT2D eigenvalue weighted by Gasteiger charge is -2.38. The molecule has 0 radical (unpaired) electrons. The van der Waals surface area contributed by atoms with E-state index in [4.69, 9.17) is 4.74 Å². The third kappa shape index (κ3) is 3.57. The van der Waals surface area contributed by atoms with E-state index >= 15 is 0 Å². The van der Waals surface area contributed by atoms with Crippen LogP contribution >= 0.6 is 24.2 Å². The smallest absolute Gasteiger partial charge is 0.237 e. The fraction of sp³-hybridized carbons (Fsp3) is 0.923. The molecule has 3 fully saturated rings. The van der Waals surface area contributed by atoms with E-state index < -0.39 is 0 Å². The number of ether oxygens (including phenoxy) is 1. The highest BCUT2D eigenvalue weighted by atomic mass is 35.5. The predicted molar refractivity (Wildman–Crippen MR) is 80.1 cm³/mol. The van der Waals surface area contributed by atoms with Gasteiger partial charge in [0.25, 0.3) is 0 Å². The van der Waals surface area contributed by atoms with Gasteiger partial charge >= 0.3 is 0 Å². The minimum atomic E-state index is 0. The van der Waals surface area contributed by atoms with Crippen LogP contribution in [0.2, 0.25) is 0 Å². The molecule has 3 aliphatic heterocycles. The van der Waals surface area contributed by atoms with Gasteiger partial charge in [-0.3, -0.25) is 4.79 Å². The third-order valence-electron chi connectivity index (χ3n) is 4.28. The van der Waals surface area contributed by atoms with Crippen LogP contribution < -0.4 is 10.6 Å². The van der Waals surface area contributed by atoms with Gasteiger partial charge in [-0.25, -0.2) is 0 Å². The van der Waals surface area contributed by atoms with Gasteiger partial charge in [-0.1, -0.05) is 0 Å². The molecular weight excluding hydrogens is 284 g/mol. The van der Waals surface area contributed by atoms with Gasteiger partial charge in [0, 0.05) is 18.4 Å². The molecule has 3 aliphatic rings. The summed E-state index contributed by atoms with van der Waals surface area (Å²) in [5.74, 6) is 2.49. The summed E-state index contributed by atoms with van der Waals surface area (Å²) in [6.45, 7) is 1.77. The van der Waals surface area contributed by atoms with Gasteiger partial charge in [0.1, 0.15) is 0 Å². The van der Waals surface area contributed by atoms with E-state index in [-0.39, 0.29) is 30.0 Å². The van der Waals surface area contributed by atoms with Gasteiger partial charge in [-0.2, -0.15) is 11.8 Å². The van der Waals surface area contributed by atoms with Gasteiger partial charge in [0.05, 0.1) is 11.6 Å². The van der Waals surface area contributed by atoms with E-state index in [1.165, 1.54) is 5.75 Å². The minimum Gasteiger partial charge on any atom is -0.374 e. The average molecular weight is 307 g/mol. The summed E-state index contributed by atoms with van der Waals surface area (Å²) in [6.07, 6.45) is 5.21. The lowest BCUT2D eigenvalue weighted by molar-refractivity contribution is -0.126. The van der Waals surface area contributed by atoms with Crippen molar-refractivity contribution in [3.8, 4) is 0 Å². The van der Waals surface area contributed by atoms with E-state index in [2.05, 4.69) is 10.6 Å². The molecule has 3 unspecified atom stereocenters. The first-order chi connectivity index (χ1) is 8.77. The maximum absolute atomic E-state index is 12.1. The summed E-state index contributed by atoms with van der Waals surface area (Å²) < 4.78 is 5.98. The van der Waals surface area contributed by atoms with E-state index in [1.54, 1.807) is 0 Å². The van der Waals surface area contributed by atoms with Gasteiger partial charge in [0.15, 0.2) is 0 Å². The molecule has 3 saturated heterocycles. The quantitative estimate of drug-likeness (QED) is 0.808. The maximum atomic E-state index is 12.1. The molecule has 0 aromatic heterocycles.